The van der Waals surface area contributed by atoms with E-state index in [4.69, 9.17) is 9.05 Å². The summed E-state index contributed by atoms with van der Waals surface area (Å²) < 4.78 is 23.8. The molecule has 0 saturated heterocycles. The molecule has 0 heterocycles. The molecule has 1 amide bonds. The molecule has 0 fully saturated rings. The lowest BCUT2D eigenvalue weighted by molar-refractivity contribution is -0.870. The van der Waals surface area contributed by atoms with Gasteiger partial charge >= 0.3 is 7.82 Å². The predicted octanol–water partition coefficient (Wildman–Crippen LogP) is 22.4. The van der Waals surface area contributed by atoms with E-state index in [1.54, 1.807) is 6.08 Å². The summed E-state index contributed by atoms with van der Waals surface area (Å²) in [6.07, 6.45) is 82.9. The molecule has 0 aromatic heterocycles. The van der Waals surface area contributed by atoms with Crippen LogP contribution < -0.4 is 5.32 Å². The third kappa shape index (κ3) is 64.3. The van der Waals surface area contributed by atoms with Crippen LogP contribution in [0.15, 0.2) is 36.5 Å². The molecule has 3 atom stereocenters. The van der Waals surface area contributed by atoms with Gasteiger partial charge in [-0.2, -0.15) is 0 Å². The van der Waals surface area contributed by atoms with E-state index in [0.29, 0.717) is 17.4 Å². The van der Waals surface area contributed by atoms with Crippen molar-refractivity contribution in [3.8, 4) is 0 Å². The molecule has 3 N–H and O–H groups in total. The average molecular weight is 1150 g/mol. The minimum atomic E-state index is -4.35. The fourth-order valence-corrected chi connectivity index (χ4v) is 11.6. The summed E-state index contributed by atoms with van der Waals surface area (Å²) in [4.78, 5) is 23.4. The SMILES string of the molecule is CCCCCCC/C=C\C/C=C\CCCCCCCCCCCCCCCCCC(=O)NC(COP(=O)(O)OCC[N+](C)(C)C)C(O)/C=C/CCCCCCCCCCCCCCCCCCCCCCCCCCCCCCC. The van der Waals surface area contributed by atoms with E-state index >= 15 is 0 Å². The second-order valence-electron chi connectivity index (χ2n) is 25.6. The number of quaternary nitrogens is 1. The minimum Gasteiger partial charge on any atom is -0.387 e. The van der Waals surface area contributed by atoms with E-state index in [2.05, 4.69) is 43.5 Å². The number of nitrogens with zero attached hydrogens (tertiary/aromatic N) is 1. The predicted molar refractivity (Wildman–Crippen MR) is 351 cm³/mol. The standard InChI is InChI=1S/C71H139N2O6P/c1-6-8-10-12-14-16-18-20-22-24-26-28-30-32-34-35-36-37-39-40-42-44-46-48-50-52-54-56-58-60-62-64-70(74)69(68-79-80(76,77)78-67-66-73(3,4)5)72-71(75)65-63-61-59-57-55-53-51-49-47-45-43-41-38-33-31-29-27-25-23-21-19-17-15-13-11-9-7-2/h19,21,25,27,62,64,69-70,74H,6-18,20,22-24,26,28-61,63,65-68H2,1-5H3,(H-,72,75,76,77)/p+1/b21-19-,27-25-,64-62+. The Bertz CT molecular complexity index is 1400. The zero-order chi connectivity index (χ0) is 58.4. The Labute approximate surface area is 499 Å². The average Bonchev–Trinajstić information content (AvgIpc) is 3.42. The number of amides is 1. The van der Waals surface area contributed by atoms with Gasteiger partial charge < -0.3 is 19.8 Å². The van der Waals surface area contributed by atoms with Crippen LogP contribution in [-0.4, -0.2) is 73.4 Å². The Morgan fingerprint density at radius 2 is 0.713 bits per heavy atom. The van der Waals surface area contributed by atoms with E-state index < -0.39 is 20.0 Å². The van der Waals surface area contributed by atoms with Crippen LogP contribution in [0, 0.1) is 0 Å². The number of hydrogen-bond acceptors (Lipinski definition) is 5. The van der Waals surface area contributed by atoms with Gasteiger partial charge in [-0.3, -0.25) is 13.8 Å². The maximum Gasteiger partial charge on any atom is 0.472 e. The highest BCUT2D eigenvalue weighted by atomic mass is 31.2. The number of phosphoric acid groups is 1. The van der Waals surface area contributed by atoms with Crippen LogP contribution in [0.1, 0.15) is 361 Å². The summed E-state index contributed by atoms with van der Waals surface area (Å²) in [5, 5.41) is 14.0. The molecule has 0 aliphatic rings. The van der Waals surface area contributed by atoms with E-state index in [1.807, 2.05) is 27.2 Å². The molecular weight excluding hydrogens is 1010 g/mol. The summed E-state index contributed by atoms with van der Waals surface area (Å²) in [6.45, 7) is 4.86. The highest BCUT2D eigenvalue weighted by Crippen LogP contribution is 2.43. The van der Waals surface area contributed by atoms with Crippen LogP contribution in [0.5, 0.6) is 0 Å². The fraction of sp³-hybridized carbons (Fsp3) is 0.901. The van der Waals surface area contributed by atoms with Crippen molar-refractivity contribution >= 4 is 13.7 Å². The normalized spacial score (nSPS) is 13.8. The van der Waals surface area contributed by atoms with Crippen LogP contribution in [0.3, 0.4) is 0 Å². The molecule has 8 nitrogen and oxygen atoms in total. The van der Waals surface area contributed by atoms with Gasteiger partial charge in [-0.15, -0.1) is 0 Å². The summed E-state index contributed by atoms with van der Waals surface area (Å²) in [5.41, 5.74) is 0. The second-order valence-corrected chi connectivity index (χ2v) is 27.1. The minimum absolute atomic E-state index is 0.0630. The van der Waals surface area contributed by atoms with E-state index in [0.717, 1.165) is 38.5 Å². The van der Waals surface area contributed by atoms with Gasteiger partial charge in [0.05, 0.1) is 39.9 Å². The van der Waals surface area contributed by atoms with E-state index in [9.17, 15) is 19.4 Å². The van der Waals surface area contributed by atoms with Crippen LogP contribution in [0.2, 0.25) is 0 Å². The molecule has 474 valence electrons. The second kappa shape index (κ2) is 62.3. The summed E-state index contributed by atoms with van der Waals surface area (Å²) in [6, 6.07) is -0.848. The first-order chi connectivity index (χ1) is 39.0. The van der Waals surface area contributed by atoms with Crippen molar-refractivity contribution in [1.29, 1.82) is 0 Å². The van der Waals surface area contributed by atoms with Gasteiger partial charge in [-0.1, -0.05) is 339 Å². The van der Waals surface area contributed by atoms with Crippen molar-refractivity contribution < 1.29 is 32.9 Å². The lowest BCUT2D eigenvalue weighted by atomic mass is 10.0. The van der Waals surface area contributed by atoms with Crippen molar-refractivity contribution in [3.05, 3.63) is 36.5 Å². The Kier molecular flexibility index (Phi) is 61.3. The maximum absolute atomic E-state index is 13.1. The molecule has 0 aliphatic carbocycles. The van der Waals surface area contributed by atoms with Gasteiger partial charge in [-0.25, -0.2) is 4.57 Å². The highest BCUT2D eigenvalue weighted by Gasteiger charge is 2.28. The van der Waals surface area contributed by atoms with Gasteiger partial charge in [-0.05, 0) is 51.4 Å². The lowest BCUT2D eigenvalue weighted by Gasteiger charge is -2.25. The Morgan fingerprint density at radius 3 is 1.02 bits per heavy atom. The highest BCUT2D eigenvalue weighted by molar-refractivity contribution is 7.47. The van der Waals surface area contributed by atoms with Gasteiger partial charge in [0.2, 0.25) is 5.91 Å². The van der Waals surface area contributed by atoms with Crippen LogP contribution in [0.4, 0.5) is 0 Å². The molecule has 80 heavy (non-hydrogen) atoms. The lowest BCUT2D eigenvalue weighted by Crippen LogP contribution is -2.45. The molecule has 0 aromatic carbocycles. The third-order valence-corrected chi connectivity index (χ3v) is 17.3. The number of phosphoric ester groups is 1. The molecule has 0 saturated carbocycles. The van der Waals surface area contributed by atoms with Crippen molar-refractivity contribution in [2.45, 2.75) is 373 Å². The molecule has 0 rings (SSSR count). The first-order valence-corrected chi connectivity index (χ1v) is 36.9. The largest absolute Gasteiger partial charge is 0.472 e. The number of nitrogens with one attached hydrogen (secondary N) is 1. The zero-order valence-electron chi connectivity index (χ0n) is 54.3. The van der Waals surface area contributed by atoms with Crippen LogP contribution in [-0.2, 0) is 18.4 Å². The van der Waals surface area contributed by atoms with Crippen molar-refractivity contribution in [2.24, 2.45) is 0 Å². The van der Waals surface area contributed by atoms with Gasteiger partial charge in [0.1, 0.15) is 13.2 Å². The Morgan fingerprint density at radius 1 is 0.425 bits per heavy atom. The molecular formula is C71H140N2O6P+. The summed E-state index contributed by atoms with van der Waals surface area (Å²) in [5.74, 6) is -0.171. The van der Waals surface area contributed by atoms with E-state index in [-0.39, 0.29) is 19.1 Å². The quantitative estimate of drug-likeness (QED) is 0.0243. The number of allylic oxidation sites excluding steroid dienone is 5. The number of rotatable bonds is 66. The molecule has 0 radical (unpaired) electrons. The van der Waals surface area contributed by atoms with Crippen molar-refractivity contribution in [3.63, 3.8) is 0 Å². The van der Waals surface area contributed by atoms with E-state index in [1.165, 1.54) is 302 Å². The summed E-state index contributed by atoms with van der Waals surface area (Å²) >= 11 is 0. The molecule has 0 aromatic rings. The first kappa shape index (κ1) is 78.7. The number of carbonyl (C=O) groups is 1. The van der Waals surface area contributed by atoms with Crippen molar-refractivity contribution in [2.75, 3.05) is 40.9 Å². The fourth-order valence-electron chi connectivity index (χ4n) is 10.8. The molecule has 0 spiro atoms. The zero-order valence-corrected chi connectivity index (χ0v) is 55.2. The molecule has 0 aliphatic heterocycles. The topological polar surface area (TPSA) is 105 Å². The maximum atomic E-state index is 13.1. The number of carbonyl (C=O) groups excluding carboxylic acids is 1. The van der Waals surface area contributed by atoms with Crippen LogP contribution >= 0.6 is 7.82 Å². The number of aliphatic hydroxyl groups excluding tert-OH is 1. The smallest absolute Gasteiger partial charge is 0.387 e. The van der Waals surface area contributed by atoms with Crippen molar-refractivity contribution in [1.82, 2.24) is 5.32 Å². The van der Waals surface area contributed by atoms with Crippen LogP contribution in [0.25, 0.3) is 0 Å². The summed E-state index contributed by atoms with van der Waals surface area (Å²) in [7, 11) is 1.59. The number of unbranched alkanes of at least 4 members (excludes halogenated alkanes) is 49. The molecule has 3 unspecified atom stereocenters. The monoisotopic (exact) mass is 1150 g/mol. The Hall–Kier alpha value is -1.28. The molecule has 0 bridgehead atoms. The first-order valence-electron chi connectivity index (χ1n) is 35.4. The number of likely N-dealkylation sites (N-methyl/N-ethyl adjacent to an activating group) is 1. The Balaban J connectivity index is 4.05. The molecule has 9 heteroatoms. The number of hydrogen-bond donors (Lipinski definition) is 3. The third-order valence-electron chi connectivity index (χ3n) is 16.4. The van der Waals surface area contributed by atoms with Gasteiger partial charge in [0.15, 0.2) is 0 Å². The van der Waals surface area contributed by atoms with Gasteiger partial charge in [0, 0.05) is 6.42 Å². The number of aliphatic hydroxyl groups is 1. The van der Waals surface area contributed by atoms with Gasteiger partial charge in [0.25, 0.3) is 0 Å².